The van der Waals surface area contributed by atoms with Crippen LogP contribution in [0.4, 0.5) is 0 Å². The molecule has 0 aliphatic heterocycles. The van der Waals surface area contributed by atoms with Crippen LogP contribution in [0.15, 0.2) is 53.4 Å². The van der Waals surface area contributed by atoms with Gasteiger partial charge in [0.2, 0.25) is 6.41 Å². The Balaban J connectivity index is 2.07. The molecule has 0 aliphatic rings. The lowest BCUT2D eigenvalue weighted by atomic mass is 10.2. The second-order valence-electron chi connectivity index (χ2n) is 5.39. The van der Waals surface area contributed by atoms with E-state index in [0.29, 0.717) is 17.9 Å². The van der Waals surface area contributed by atoms with Gasteiger partial charge in [-0.15, -0.1) is 0 Å². The van der Waals surface area contributed by atoms with Gasteiger partial charge in [0.1, 0.15) is 11.5 Å². The Kier molecular flexibility index (Phi) is 6.41. The second kappa shape index (κ2) is 8.53. The SMILES string of the molecule is COc1ccc(CN(C=O)CCS(=O)(=O)c2ccccc2)c(OC)c1. The van der Waals surface area contributed by atoms with Crippen molar-refractivity contribution in [2.75, 3.05) is 26.5 Å². The van der Waals surface area contributed by atoms with Gasteiger partial charge in [0.05, 0.1) is 24.9 Å². The maximum Gasteiger partial charge on any atom is 0.210 e. The van der Waals surface area contributed by atoms with Crippen LogP contribution in [0, 0.1) is 0 Å². The van der Waals surface area contributed by atoms with Crippen LogP contribution in [0.5, 0.6) is 11.5 Å². The van der Waals surface area contributed by atoms with Crippen molar-refractivity contribution >= 4 is 16.2 Å². The molecule has 134 valence electrons. The van der Waals surface area contributed by atoms with Gasteiger partial charge in [0, 0.05) is 24.7 Å². The minimum atomic E-state index is -3.44. The van der Waals surface area contributed by atoms with E-state index in [1.54, 1.807) is 55.6 Å². The normalized spacial score (nSPS) is 11.0. The molecule has 25 heavy (non-hydrogen) atoms. The highest BCUT2D eigenvalue weighted by atomic mass is 32.2. The van der Waals surface area contributed by atoms with E-state index in [1.807, 2.05) is 0 Å². The van der Waals surface area contributed by atoms with Gasteiger partial charge in [-0.3, -0.25) is 4.79 Å². The maximum atomic E-state index is 12.3. The average molecular weight is 363 g/mol. The van der Waals surface area contributed by atoms with Gasteiger partial charge in [-0.2, -0.15) is 0 Å². The topological polar surface area (TPSA) is 72.9 Å². The summed E-state index contributed by atoms with van der Waals surface area (Å²) in [4.78, 5) is 13.0. The Morgan fingerprint density at radius 1 is 1.04 bits per heavy atom. The molecule has 0 saturated carbocycles. The van der Waals surface area contributed by atoms with Gasteiger partial charge >= 0.3 is 0 Å². The van der Waals surface area contributed by atoms with Gasteiger partial charge in [-0.25, -0.2) is 8.42 Å². The number of hydrogen-bond acceptors (Lipinski definition) is 5. The van der Waals surface area contributed by atoms with Gasteiger partial charge in [0.25, 0.3) is 0 Å². The van der Waals surface area contributed by atoms with Crippen molar-refractivity contribution in [1.29, 1.82) is 0 Å². The summed E-state index contributed by atoms with van der Waals surface area (Å²) in [5, 5.41) is 0. The van der Waals surface area contributed by atoms with Crippen LogP contribution >= 0.6 is 0 Å². The minimum absolute atomic E-state index is 0.0932. The molecule has 0 heterocycles. The fraction of sp³-hybridized carbons (Fsp3) is 0.278. The van der Waals surface area contributed by atoms with Crippen LogP contribution in [0.3, 0.4) is 0 Å². The predicted octanol–water partition coefficient (Wildman–Crippen LogP) is 2.14. The molecule has 0 aliphatic carbocycles. The summed E-state index contributed by atoms with van der Waals surface area (Å²) < 4.78 is 35.1. The molecule has 2 aromatic rings. The third-order valence-corrected chi connectivity index (χ3v) is 5.48. The smallest absolute Gasteiger partial charge is 0.210 e. The molecule has 0 spiro atoms. The molecule has 6 nitrogen and oxygen atoms in total. The highest BCUT2D eigenvalue weighted by molar-refractivity contribution is 7.91. The lowest BCUT2D eigenvalue weighted by Gasteiger charge is -2.19. The highest BCUT2D eigenvalue weighted by Crippen LogP contribution is 2.25. The van der Waals surface area contributed by atoms with E-state index in [-0.39, 0.29) is 23.7 Å². The Hall–Kier alpha value is -2.54. The first-order valence-electron chi connectivity index (χ1n) is 7.68. The number of rotatable bonds is 9. The number of ether oxygens (including phenoxy) is 2. The van der Waals surface area contributed by atoms with Crippen molar-refractivity contribution in [2.24, 2.45) is 0 Å². The molecule has 0 saturated heterocycles. The summed E-state index contributed by atoms with van der Waals surface area (Å²) in [5.74, 6) is 1.08. The summed E-state index contributed by atoms with van der Waals surface area (Å²) in [6.07, 6.45) is 0.643. The van der Waals surface area contributed by atoms with Crippen molar-refractivity contribution in [3.63, 3.8) is 0 Å². The number of carbonyl (C=O) groups excluding carboxylic acids is 1. The maximum absolute atomic E-state index is 12.3. The summed E-state index contributed by atoms with van der Waals surface area (Å²) in [6, 6.07) is 13.5. The van der Waals surface area contributed by atoms with Gasteiger partial charge in [0.15, 0.2) is 9.84 Å². The third kappa shape index (κ3) is 4.96. The number of sulfone groups is 1. The van der Waals surface area contributed by atoms with Crippen molar-refractivity contribution in [3.8, 4) is 11.5 Å². The van der Waals surface area contributed by atoms with E-state index in [9.17, 15) is 13.2 Å². The average Bonchev–Trinajstić information content (AvgIpc) is 2.65. The van der Waals surface area contributed by atoms with Crippen LogP contribution < -0.4 is 9.47 Å². The standard InChI is InChI=1S/C18H21NO5S/c1-23-16-9-8-15(18(12-16)24-2)13-19(14-20)10-11-25(21,22)17-6-4-3-5-7-17/h3-9,12,14H,10-11,13H2,1-2H3. The third-order valence-electron chi connectivity index (χ3n) is 3.77. The monoisotopic (exact) mass is 363 g/mol. The molecule has 2 aromatic carbocycles. The molecule has 0 N–H and O–H groups in total. The zero-order valence-corrected chi connectivity index (χ0v) is 15.0. The molecule has 0 bridgehead atoms. The predicted molar refractivity (Wildman–Crippen MR) is 94.5 cm³/mol. The molecule has 0 unspecified atom stereocenters. The van der Waals surface area contributed by atoms with Gasteiger partial charge in [-0.05, 0) is 24.3 Å². The van der Waals surface area contributed by atoms with Crippen LogP contribution in [0.1, 0.15) is 5.56 Å². The van der Waals surface area contributed by atoms with Gasteiger partial charge < -0.3 is 14.4 Å². The molecule has 0 radical (unpaired) electrons. The van der Waals surface area contributed by atoms with E-state index in [4.69, 9.17) is 9.47 Å². The fourth-order valence-corrected chi connectivity index (χ4v) is 3.64. The largest absolute Gasteiger partial charge is 0.497 e. The van der Waals surface area contributed by atoms with Crippen molar-refractivity contribution < 1.29 is 22.7 Å². The Morgan fingerprint density at radius 3 is 2.36 bits per heavy atom. The van der Waals surface area contributed by atoms with Crippen molar-refractivity contribution in [2.45, 2.75) is 11.4 Å². The molecular formula is C18H21NO5S. The number of benzene rings is 2. The van der Waals surface area contributed by atoms with Crippen molar-refractivity contribution in [1.82, 2.24) is 4.90 Å². The number of nitrogens with zero attached hydrogens (tertiary/aromatic N) is 1. The molecule has 2 rings (SSSR count). The lowest BCUT2D eigenvalue weighted by Crippen LogP contribution is -2.28. The van der Waals surface area contributed by atoms with Gasteiger partial charge in [-0.1, -0.05) is 18.2 Å². The first kappa shape index (κ1) is 18.8. The van der Waals surface area contributed by atoms with E-state index in [2.05, 4.69) is 0 Å². The van der Waals surface area contributed by atoms with E-state index in [0.717, 1.165) is 5.56 Å². The van der Waals surface area contributed by atoms with Crippen LogP contribution in [0.25, 0.3) is 0 Å². The zero-order valence-electron chi connectivity index (χ0n) is 14.2. The summed E-state index contributed by atoms with van der Waals surface area (Å²) in [5.41, 5.74) is 0.771. The molecule has 0 aromatic heterocycles. The van der Waals surface area contributed by atoms with E-state index < -0.39 is 9.84 Å². The summed E-state index contributed by atoms with van der Waals surface area (Å²) >= 11 is 0. The Morgan fingerprint density at radius 2 is 1.76 bits per heavy atom. The first-order chi connectivity index (χ1) is 12.0. The van der Waals surface area contributed by atoms with Crippen LogP contribution in [-0.2, 0) is 21.2 Å². The number of carbonyl (C=O) groups is 1. The highest BCUT2D eigenvalue weighted by Gasteiger charge is 2.17. The van der Waals surface area contributed by atoms with E-state index in [1.165, 1.54) is 12.0 Å². The molecule has 0 atom stereocenters. The zero-order chi connectivity index (χ0) is 18.3. The lowest BCUT2D eigenvalue weighted by molar-refractivity contribution is -0.118. The summed E-state index contributed by atoms with van der Waals surface area (Å²) in [6.45, 7) is 0.344. The fourth-order valence-electron chi connectivity index (χ4n) is 2.35. The van der Waals surface area contributed by atoms with Crippen LogP contribution in [-0.4, -0.2) is 46.2 Å². The number of hydrogen-bond donors (Lipinski definition) is 0. The Bertz CT molecular complexity index is 805. The van der Waals surface area contributed by atoms with E-state index >= 15 is 0 Å². The molecule has 0 fully saturated rings. The molecule has 7 heteroatoms. The molecular weight excluding hydrogens is 342 g/mol. The number of amides is 1. The quantitative estimate of drug-likeness (QED) is 0.638. The summed E-state index contributed by atoms with van der Waals surface area (Å²) in [7, 11) is -0.349. The Labute approximate surface area is 147 Å². The number of methoxy groups -OCH3 is 2. The van der Waals surface area contributed by atoms with Crippen molar-refractivity contribution in [3.05, 3.63) is 54.1 Å². The second-order valence-corrected chi connectivity index (χ2v) is 7.49. The minimum Gasteiger partial charge on any atom is -0.497 e. The molecule has 1 amide bonds. The first-order valence-corrected chi connectivity index (χ1v) is 9.33. The van der Waals surface area contributed by atoms with Crippen LogP contribution in [0.2, 0.25) is 0 Å².